The molecule has 0 spiro atoms. The number of rotatable bonds is 15. The average molecular weight is 904 g/mol. The monoisotopic (exact) mass is 903 g/mol. The Kier molecular flexibility index (Phi) is 19.2. The Morgan fingerprint density at radius 2 is 0.328 bits per heavy atom. The first-order chi connectivity index (χ1) is 24.6. The average Bonchev–Trinajstić information content (AvgIpc) is 3.74. The van der Waals surface area contributed by atoms with E-state index in [1.54, 1.807) is 0 Å². The van der Waals surface area contributed by atoms with Crippen LogP contribution in [-0.2, 0) is 0 Å². The molecule has 334 valence electrons. The molecule has 0 heterocycles. The molecule has 0 saturated heterocycles. The predicted molar refractivity (Wildman–Crippen MR) is 269 cm³/mol. The van der Waals surface area contributed by atoms with E-state index in [1.165, 1.54) is 68.7 Å². The van der Waals surface area contributed by atoms with Crippen LogP contribution in [0.25, 0.3) is 0 Å². The first-order valence-corrected chi connectivity index (χ1v) is 44.1. The molecule has 8 fully saturated rings. The van der Waals surface area contributed by atoms with Crippen LogP contribution in [0.3, 0.4) is 0 Å². The Labute approximate surface area is 396 Å². The van der Waals surface area contributed by atoms with E-state index < -0.39 is 48.4 Å². The van der Waals surface area contributed by atoms with Gasteiger partial charge < -0.3 is 41.2 Å². The van der Waals surface area contributed by atoms with Gasteiger partial charge in [0.2, 0.25) is 0 Å². The fraction of sp³-hybridized carbons (Fsp3) is 0.955. The van der Waals surface area contributed by atoms with E-state index in [0.29, 0.717) is 0 Å². The third kappa shape index (κ3) is 9.05. The normalized spacial score (nSPS) is 32.3. The maximum Gasteiger partial charge on any atom is 1.00 e. The Morgan fingerprint density at radius 3 is 0.362 bits per heavy atom. The van der Waals surface area contributed by atoms with Crippen molar-refractivity contribution in [2.45, 2.75) is 148 Å². The van der Waals surface area contributed by atoms with Crippen LogP contribution >= 0.6 is 0 Å². The van der Waals surface area contributed by atoms with E-state index in [0.717, 1.165) is 30.2 Å². The summed E-state index contributed by atoms with van der Waals surface area (Å²) in [6, 6.07) is 0. The first-order valence-electron chi connectivity index (χ1n) is 23.1. The second-order valence-corrected chi connectivity index (χ2v) is 59.0. The molecule has 8 aliphatic rings. The summed E-state index contributed by atoms with van der Waals surface area (Å²) in [4.78, 5) is 9.20. The minimum Gasteiger partial charge on any atom is -0.335 e. The summed E-state index contributed by atoms with van der Waals surface area (Å²) >= 11 is 0. The summed E-state index contributed by atoms with van der Waals surface area (Å²) in [6.45, 7) is 54.9. The minimum absolute atomic E-state index is 0. The molecule has 14 heteroatoms. The molecule has 0 radical (unpaired) electrons. The molecule has 0 atom stereocenters. The van der Waals surface area contributed by atoms with Crippen LogP contribution in [-0.4, -0.2) is 172 Å². The minimum atomic E-state index is -0.968. The van der Waals surface area contributed by atoms with Gasteiger partial charge in [0.15, 0.2) is 0 Å². The molecule has 0 aromatic heterocycles. The number of quaternary nitrogens is 6. The smallest absolute Gasteiger partial charge is 0.335 e. The molecular weight excluding hydrogens is 795 g/mol. The molecule has 8 saturated carbocycles. The zero-order valence-corrected chi connectivity index (χ0v) is 52.2. The topological polar surface area (TPSA) is 26.6 Å². The van der Waals surface area contributed by atoms with E-state index in [-0.39, 0.29) is 37.7 Å². The fourth-order valence-electron chi connectivity index (χ4n) is 13.7. The van der Waals surface area contributed by atoms with Crippen LogP contribution in [0.2, 0.25) is 148 Å². The van der Waals surface area contributed by atoms with Crippen molar-refractivity contribution in [3.63, 3.8) is 0 Å². The summed E-state index contributed by atoms with van der Waals surface area (Å²) in [5.41, 5.74) is 0. The molecule has 6 N–H and O–H groups in total. The van der Waals surface area contributed by atoms with Gasteiger partial charge in [0.1, 0.15) is 39.3 Å². The van der Waals surface area contributed by atoms with E-state index in [1.807, 2.05) is 0 Å². The van der Waals surface area contributed by atoms with Crippen molar-refractivity contribution < 1.29 is 67.1 Å². The number of likely N-dealkylation sites (N-methyl/N-ethyl adjacent to an activating group) is 6. The van der Waals surface area contributed by atoms with Gasteiger partial charge in [-0.2, -0.15) is 0 Å². The Bertz CT molecular complexity index is 1070. The number of nitrogens with one attached hydrogen (secondary N) is 6. The molecule has 0 amide bonds. The van der Waals surface area contributed by atoms with Crippen molar-refractivity contribution >= 4 is 48.4 Å². The van der Waals surface area contributed by atoms with Gasteiger partial charge in [0.05, 0.1) is 84.6 Å². The zero-order valence-electron chi connectivity index (χ0n) is 46.2. The van der Waals surface area contributed by atoms with Crippen molar-refractivity contribution in [2.24, 2.45) is 0 Å². The second-order valence-electron chi connectivity index (χ2n) is 27.5. The molecule has 0 bridgehead atoms. The predicted octanol–water partition coefficient (Wildman–Crippen LogP) is -4.49. The van der Waals surface area contributed by atoms with Gasteiger partial charge in [-0.3, -0.25) is 0 Å². The summed E-state index contributed by atoms with van der Waals surface area (Å²) in [6.07, 6.45) is 0. The Morgan fingerprint density at radius 1 is 0.241 bits per heavy atom. The maximum absolute atomic E-state index is 2.63. The van der Waals surface area contributed by atoms with Crippen LogP contribution in [0.1, 0.15) is 0 Å². The van der Waals surface area contributed by atoms with Crippen molar-refractivity contribution in [2.75, 3.05) is 124 Å². The number of hydrogen-bond donors (Lipinski definition) is 6. The van der Waals surface area contributed by atoms with Gasteiger partial charge in [-0.15, -0.1) is 0 Å². The van der Waals surface area contributed by atoms with E-state index in [4.69, 9.17) is 0 Å². The van der Waals surface area contributed by atoms with Crippen LogP contribution in [0.4, 0.5) is 0 Å². The van der Waals surface area contributed by atoms with Crippen LogP contribution in [0.5, 0.6) is 0 Å². The quantitative estimate of drug-likeness (QED) is 0.0709. The van der Waals surface area contributed by atoms with E-state index in [2.05, 4.69) is 214 Å². The standard InChI is InChI=1S/2C13H27Si3.3C6H16N2.2Li/c2*1-14(2,3)11-10-12(11,15(4,5)6)13(10,11)16(7,8)9;3*1-7(2)5-6-8(3)4;;/h2*1-9H3;3*5-6H2,1-4H3;;/q2*-1;;;;2*+1/p+6. The third-order valence-electron chi connectivity index (χ3n) is 15.2. The van der Waals surface area contributed by atoms with Crippen LogP contribution < -0.4 is 67.1 Å². The maximum atomic E-state index is 2.63. The summed E-state index contributed by atoms with van der Waals surface area (Å²) in [5.74, 6) is 4.23. The molecule has 58 heavy (non-hydrogen) atoms. The fourth-order valence-corrected chi connectivity index (χ4v) is 51.6. The van der Waals surface area contributed by atoms with Gasteiger partial charge in [-0.05, 0) is 0 Å². The van der Waals surface area contributed by atoms with Gasteiger partial charge in [-0.25, -0.2) is 30.2 Å². The van der Waals surface area contributed by atoms with Gasteiger partial charge in [0, 0.05) is 48.4 Å². The molecule has 0 aliphatic heterocycles. The molecule has 0 aromatic carbocycles. The number of hydrogen-bond acceptors (Lipinski definition) is 0. The van der Waals surface area contributed by atoms with Crippen molar-refractivity contribution in [1.29, 1.82) is 0 Å². The molecule has 0 unspecified atom stereocenters. The van der Waals surface area contributed by atoms with Gasteiger partial charge in [-0.1, -0.05) is 118 Å². The van der Waals surface area contributed by atoms with E-state index >= 15 is 0 Å². The molecule has 8 rings (SSSR count). The molecule has 0 aromatic rings. The summed E-state index contributed by atoms with van der Waals surface area (Å²) in [5, 5.41) is 5.26. The van der Waals surface area contributed by atoms with Crippen LogP contribution in [0.15, 0.2) is 0 Å². The van der Waals surface area contributed by atoms with Crippen molar-refractivity contribution in [3.05, 3.63) is 11.8 Å². The Balaban J connectivity index is 0.000000728. The van der Waals surface area contributed by atoms with Gasteiger partial charge in [0.25, 0.3) is 0 Å². The van der Waals surface area contributed by atoms with Gasteiger partial charge >= 0.3 is 37.7 Å². The Hall–Kier alpha value is 2.26. The second kappa shape index (κ2) is 18.5. The van der Waals surface area contributed by atoms with Crippen LogP contribution in [0, 0.1) is 11.8 Å². The first kappa shape index (κ1) is 60.3. The zero-order chi connectivity index (χ0) is 44.9. The van der Waals surface area contributed by atoms with Crippen molar-refractivity contribution in [1.82, 2.24) is 0 Å². The van der Waals surface area contributed by atoms with Crippen molar-refractivity contribution in [3.8, 4) is 0 Å². The van der Waals surface area contributed by atoms with E-state index in [9.17, 15) is 0 Å². The SMILES string of the molecule is C[NH+](C)CC[NH+](C)C.C[NH+](C)CC[NH+](C)C.C[NH+](C)CC[NH+](C)C.C[Si](C)(C)C12[C-]3C1([Si](C)(C)C)C32[Si](C)(C)C.C[Si](C)(C)C12[C-]3C1([Si](C)(C)C)C32[Si](C)(C)C.[Li+].[Li+]. The molecular formula is C44H108Li2N6Si6+6. The molecule has 6 nitrogen and oxygen atoms in total. The molecule has 8 aliphatic carbocycles. The largest absolute Gasteiger partial charge is 1.00 e. The third-order valence-corrected chi connectivity index (χ3v) is 36.2. The summed E-state index contributed by atoms with van der Waals surface area (Å²) < 4.78 is 0. The summed E-state index contributed by atoms with van der Waals surface area (Å²) in [7, 11) is 20.4.